The number of benzene rings is 1. The van der Waals surface area contributed by atoms with Crippen molar-refractivity contribution in [3.8, 4) is 5.75 Å². The number of rotatable bonds is 4. The minimum atomic E-state index is -0.344. The van der Waals surface area contributed by atoms with E-state index in [4.69, 9.17) is 4.74 Å². The van der Waals surface area contributed by atoms with E-state index in [1.807, 2.05) is 18.2 Å². The zero-order valence-corrected chi connectivity index (χ0v) is 13.6. The summed E-state index contributed by atoms with van der Waals surface area (Å²) in [5.74, 6) is 0.721. The Labute approximate surface area is 130 Å². The molecule has 0 aliphatic rings. The minimum Gasteiger partial charge on any atom is -0.497 e. The molecule has 0 bridgehead atoms. The number of anilines is 1. The molecular weight excluding hydrogens is 338 g/mol. The van der Waals surface area contributed by atoms with Crippen molar-refractivity contribution in [2.24, 2.45) is 14.1 Å². The standard InChI is InChI=1S/C14H16BrN3O3/c1-17-9(6-13(19)18(2)14(17)20)8-16-12-7-10(21-3)4-5-11(12)15/h4-7,16H,8H2,1-3H3. The predicted octanol–water partition coefficient (Wildman–Crippen LogP) is 1.47. The van der Waals surface area contributed by atoms with Gasteiger partial charge >= 0.3 is 5.69 Å². The highest BCUT2D eigenvalue weighted by Crippen LogP contribution is 2.27. The molecule has 2 rings (SSSR count). The van der Waals surface area contributed by atoms with Gasteiger partial charge in [-0.05, 0) is 28.1 Å². The number of nitrogens with one attached hydrogen (secondary N) is 1. The van der Waals surface area contributed by atoms with Crippen molar-refractivity contribution in [1.29, 1.82) is 0 Å². The highest BCUT2D eigenvalue weighted by molar-refractivity contribution is 9.10. The molecule has 0 amide bonds. The summed E-state index contributed by atoms with van der Waals surface area (Å²) in [6.07, 6.45) is 0. The second kappa shape index (κ2) is 6.17. The number of aromatic nitrogens is 2. The lowest BCUT2D eigenvalue weighted by Gasteiger charge is -2.13. The highest BCUT2D eigenvalue weighted by Gasteiger charge is 2.07. The van der Waals surface area contributed by atoms with Gasteiger partial charge in [-0.3, -0.25) is 13.9 Å². The second-order valence-electron chi connectivity index (χ2n) is 4.57. The van der Waals surface area contributed by atoms with Gasteiger partial charge in [0.15, 0.2) is 0 Å². The Balaban J connectivity index is 2.29. The molecule has 21 heavy (non-hydrogen) atoms. The van der Waals surface area contributed by atoms with Crippen LogP contribution in [0.5, 0.6) is 5.75 Å². The average molecular weight is 354 g/mol. The molecule has 0 saturated heterocycles. The Bertz CT molecular complexity index is 780. The molecule has 1 heterocycles. The molecule has 0 aliphatic carbocycles. The number of methoxy groups -OCH3 is 1. The van der Waals surface area contributed by atoms with Crippen LogP contribution in [0.15, 0.2) is 38.3 Å². The Morgan fingerprint density at radius 2 is 1.90 bits per heavy atom. The average Bonchev–Trinajstić information content (AvgIpc) is 2.49. The maximum absolute atomic E-state index is 11.9. The van der Waals surface area contributed by atoms with E-state index in [0.717, 1.165) is 20.5 Å². The van der Waals surface area contributed by atoms with Crippen LogP contribution in [0.25, 0.3) is 0 Å². The zero-order valence-electron chi connectivity index (χ0n) is 12.0. The number of ether oxygens (including phenoxy) is 1. The summed E-state index contributed by atoms with van der Waals surface area (Å²) in [5, 5.41) is 3.18. The molecule has 0 spiro atoms. The van der Waals surface area contributed by atoms with E-state index in [0.29, 0.717) is 12.2 Å². The number of hydrogen-bond acceptors (Lipinski definition) is 4. The van der Waals surface area contributed by atoms with Crippen LogP contribution in [-0.4, -0.2) is 16.2 Å². The molecule has 0 unspecified atom stereocenters. The third-order valence-corrected chi connectivity index (χ3v) is 3.95. The van der Waals surface area contributed by atoms with Crippen LogP contribution in [0, 0.1) is 0 Å². The summed E-state index contributed by atoms with van der Waals surface area (Å²) in [6.45, 7) is 0.355. The monoisotopic (exact) mass is 353 g/mol. The van der Waals surface area contributed by atoms with E-state index in [1.54, 1.807) is 14.2 Å². The van der Waals surface area contributed by atoms with Crippen molar-refractivity contribution in [3.05, 3.63) is 55.3 Å². The van der Waals surface area contributed by atoms with Gasteiger partial charge in [0.1, 0.15) is 5.75 Å². The van der Waals surface area contributed by atoms with Crippen LogP contribution in [0.4, 0.5) is 5.69 Å². The van der Waals surface area contributed by atoms with Gasteiger partial charge in [-0.1, -0.05) is 0 Å². The summed E-state index contributed by atoms with van der Waals surface area (Å²) in [5.41, 5.74) is 0.768. The smallest absolute Gasteiger partial charge is 0.330 e. The van der Waals surface area contributed by atoms with Crippen LogP contribution in [0.3, 0.4) is 0 Å². The second-order valence-corrected chi connectivity index (χ2v) is 5.43. The Hall–Kier alpha value is -2.02. The van der Waals surface area contributed by atoms with E-state index in [9.17, 15) is 9.59 Å². The Morgan fingerprint density at radius 3 is 2.57 bits per heavy atom. The molecule has 0 radical (unpaired) electrons. The maximum atomic E-state index is 11.9. The van der Waals surface area contributed by atoms with Crippen LogP contribution in [-0.2, 0) is 20.6 Å². The number of hydrogen-bond donors (Lipinski definition) is 1. The lowest BCUT2D eigenvalue weighted by molar-refractivity contribution is 0.415. The Morgan fingerprint density at radius 1 is 1.19 bits per heavy atom. The van der Waals surface area contributed by atoms with E-state index in [2.05, 4.69) is 21.2 Å². The first-order valence-electron chi connectivity index (χ1n) is 6.27. The first-order valence-corrected chi connectivity index (χ1v) is 7.06. The maximum Gasteiger partial charge on any atom is 0.330 e. The van der Waals surface area contributed by atoms with Crippen molar-refractivity contribution >= 4 is 21.6 Å². The van der Waals surface area contributed by atoms with Crippen LogP contribution >= 0.6 is 15.9 Å². The highest BCUT2D eigenvalue weighted by atomic mass is 79.9. The van der Waals surface area contributed by atoms with E-state index < -0.39 is 0 Å². The van der Waals surface area contributed by atoms with Gasteiger partial charge in [-0.25, -0.2) is 4.79 Å². The third kappa shape index (κ3) is 3.18. The van der Waals surface area contributed by atoms with E-state index in [1.165, 1.54) is 17.7 Å². The van der Waals surface area contributed by atoms with E-state index in [-0.39, 0.29) is 11.2 Å². The first kappa shape index (κ1) is 15.4. The third-order valence-electron chi connectivity index (χ3n) is 3.26. The molecule has 1 N–H and O–H groups in total. The normalized spacial score (nSPS) is 10.5. The van der Waals surface area contributed by atoms with Crippen molar-refractivity contribution in [2.75, 3.05) is 12.4 Å². The van der Waals surface area contributed by atoms with Gasteiger partial charge < -0.3 is 10.1 Å². The predicted molar refractivity (Wildman–Crippen MR) is 84.9 cm³/mol. The lowest BCUT2D eigenvalue weighted by atomic mass is 10.3. The number of nitrogens with zero attached hydrogens (tertiary/aromatic N) is 2. The molecule has 6 nitrogen and oxygen atoms in total. The van der Waals surface area contributed by atoms with Gasteiger partial charge in [-0.2, -0.15) is 0 Å². The number of halogens is 1. The summed E-state index contributed by atoms with van der Waals surface area (Å²) >= 11 is 3.44. The molecular formula is C14H16BrN3O3. The first-order chi connectivity index (χ1) is 9.93. The van der Waals surface area contributed by atoms with Crippen molar-refractivity contribution in [3.63, 3.8) is 0 Å². The van der Waals surface area contributed by atoms with E-state index >= 15 is 0 Å². The molecule has 0 atom stereocenters. The molecule has 0 aliphatic heterocycles. The van der Waals surface area contributed by atoms with Gasteiger partial charge in [0, 0.05) is 36.4 Å². The summed E-state index contributed by atoms with van der Waals surface area (Å²) < 4.78 is 8.56. The molecule has 0 fully saturated rings. The molecule has 1 aromatic carbocycles. The van der Waals surface area contributed by atoms with Crippen molar-refractivity contribution < 1.29 is 4.74 Å². The zero-order chi connectivity index (χ0) is 15.6. The largest absolute Gasteiger partial charge is 0.497 e. The van der Waals surface area contributed by atoms with Gasteiger partial charge in [0.2, 0.25) is 0 Å². The molecule has 0 saturated carbocycles. The summed E-state index contributed by atoms with van der Waals surface area (Å²) in [6, 6.07) is 6.99. The fourth-order valence-electron chi connectivity index (χ4n) is 1.90. The Kier molecular flexibility index (Phi) is 4.52. The van der Waals surface area contributed by atoms with Crippen LogP contribution in [0.2, 0.25) is 0 Å². The van der Waals surface area contributed by atoms with Gasteiger partial charge in [0.25, 0.3) is 5.56 Å². The van der Waals surface area contributed by atoms with Crippen molar-refractivity contribution in [2.45, 2.75) is 6.54 Å². The molecule has 112 valence electrons. The van der Waals surface area contributed by atoms with Crippen molar-refractivity contribution in [1.82, 2.24) is 9.13 Å². The molecule has 2 aromatic rings. The minimum absolute atomic E-state index is 0.320. The fourth-order valence-corrected chi connectivity index (χ4v) is 2.29. The topological polar surface area (TPSA) is 65.3 Å². The SMILES string of the molecule is COc1ccc(Br)c(NCc2cc(=O)n(C)c(=O)n2C)c1. The molecule has 7 heteroatoms. The van der Waals surface area contributed by atoms with Gasteiger partial charge in [-0.15, -0.1) is 0 Å². The molecule has 1 aromatic heterocycles. The summed E-state index contributed by atoms with van der Waals surface area (Å²) in [7, 11) is 4.69. The fraction of sp³-hybridized carbons (Fsp3) is 0.286. The summed E-state index contributed by atoms with van der Waals surface area (Å²) in [4.78, 5) is 23.5. The lowest BCUT2D eigenvalue weighted by Crippen LogP contribution is -2.38. The van der Waals surface area contributed by atoms with Crippen LogP contribution < -0.4 is 21.3 Å². The van der Waals surface area contributed by atoms with Crippen LogP contribution in [0.1, 0.15) is 5.69 Å². The quantitative estimate of drug-likeness (QED) is 0.903. The van der Waals surface area contributed by atoms with Gasteiger partial charge in [0.05, 0.1) is 19.3 Å².